The Morgan fingerprint density at radius 3 is 2.94 bits per heavy atom. The molecule has 1 heterocycles. The van der Waals surface area contributed by atoms with Crippen molar-refractivity contribution >= 4 is 27.5 Å². The topological polar surface area (TPSA) is 51.0 Å². The first-order valence-corrected chi connectivity index (χ1v) is 6.30. The van der Waals surface area contributed by atoms with Crippen LogP contribution in [0.2, 0.25) is 5.02 Å². The van der Waals surface area contributed by atoms with E-state index in [1.54, 1.807) is 6.07 Å². The molecular weight excluding hydrogens is 305 g/mol. The van der Waals surface area contributed by atoms with Crippen molar-refractivity contribution in [1.82, 2.24) is 15.5 Å². The van der Waals surface area contributed by atoms with Gasteiger partial charge in [0.05, 0.1) is 10.6 Å². The number of hydrogen-bond donors (Lipinski definition) is 1. The lowest BCUT2D eigenvalue weighted by Crippen LogP contribution is -2.10. The molecule has 0 aliphatic heterocycles. The second-order valence-electron chi connectivity index (χ2n) is 3.48. The molecular formula is C11H11BrClN3O. The van der Waals surface area contributed by atoms with Gasteiger partial charge in [-0.15, -0.1) is 10.2 Å². The minimum atomic E-state index is 0.452. The molecule has 0 spiro atoms. The molecule has 17 heavy (non-hydrogen) atoms. The molecule has 1 N–H and O–H groups in total. The molecule has 0 fully saturated rings. The van der Waals surface area contributed by atoms with E-state index in [2.05, 4.69) is 31.4 Å². The second-order valence-corrected chi connectivity index (χ2v) is 4.80. The highest BCUT2D eigenvalue weighted by Gasteiger charge is 2.11. The summed E-state index contributed by atoms with van der Waals surface area (Å²) >= 11 is 9.46. The van der Waals surface area contributed by atoms with Gasteiger partial charge in [-0.25, -0.2) is 0 Å². The van der Waals surface area contributed by atoms with Crippen LogP contribution in [-0.2, 0) is 6.42 Å². The van der Waals surface area contributed by atoms with Gasteiger partial charge in [0.25, 0.3) is 0 Å². The standard InChI is InChI=1S/C11H11BrClN3O/c1-14-5-4-10-15-16-11(17-10)8-3-2-7(12)6-9(8)13/h2-3,6,14H,4-5H2,1H3. The predicted molar refractivity (Wildman–Crippen MR) is 70.1 cm³/mol. The molecule has 0 saturated carbocycles. The molecule has 1 aromatic heterocycles. The Balaban J connectivity index is 2.24. The van der Waals surface area contributed by atoms with E-state index in [-0.39, 0.29) is 0 Å². The van der Waals surface area contributed by atoms with Crippen molar-refractivity contribution in [3.63, 3.8) is 0 Å². The molecule has 4 nitrogen and oxygen atoms in total. The first-order valence-electron chi connectivity index (χ1n) is 5.13. The van der Waals surface area contributed by atoms with Gasteiger partial charge in [-0.3, -0.25) is 0 Å². The van der Waals surface area contributed by atoms with E-state index < -0.39 is 0 Å². The molecule has 1 aromatic carbocycles. The molecule has 2 aromatic rings. The van der Waals surface area contributed by atoms with Crippen LogP contribution in [0.25, 0.3) is 11.5 Å². The third-order valence-electron chi connectivity index (χ3n) is 2.22. The van der Waals surface area contributed by atoms with Gasteiger partial charge in [0.1, 0.15) is 0 Å². The lowest BCUT2D eigenvalue weighted by atomic mass is 10.2. The molecule has 90 valence electrons. The van der Waals surface area contributed by atoms with Crippen molar-refractivity contribution in [1.29, 1.82) is 0 Å². The Hall–Kier alpha value is -0.910. The minimum absolute atomic E-state index is 0.452. The predicted octanol–water partition coefficient (Wildman–Crippen LogP) is 2.91. The molecule has 2 rings (SSSR count). The number of aromatic nitrogens is 2. The van der Waals surface area contributed by atoms with Crippen LogP contribution in [0.3, 0.4) is 0 Å². The zero-order chi connectivity index (χ0) is 12.3. The van der Waals surface area contributed by atoms with Crippen LogP contribution >= 0.6 is 27.5 Å². The molecule has 0 atom stereocenters. The van der Waals surface area contributed by atoms with Gasteiger partial charge >= 0.3 is 0 Å². The molecule has 0 saturated heterocycles. The van der Waals surface area contributed by atoms with Gasteiger partial charge in [0.2, 0.25) is 11.8 Å². The second kappa shape index (κ2) is 5.62. The maximum atomic E-state index is 6.11. The molecule has 0 unspecified atom stereocenters. The van der Waals surface area contributed by atoms with Crippen molar-refractivity contribution in [3.05, 3.63) is 33.6 Å². The first-order chi connectivity index (χ1) is 8.20. The van der Waals surface area contributed by atoms with E-state index in [9.17, 15) is 0 Å². The monoisotopic (exact) mass is 315 g/mol. The minimum Gasteiger partial charge on any atom is -0.421 e. The molecule has 6 heteroatoms. The lowest BCUT2D eigenvalue weighted by Gasteiger charge is -1.99. The van der Waals surface area contributed by atoms with Crippen molar-refractivity contribution in [3.8, 4) is 11.5 Å². The maximum Gasteiger partial charge on any atom is 0.249 e. The Kier molecular flexibility index (Phi) is 4.15. The van der Waals surface area contributed by atoms with E-state index in [0.29, 0.717) is 23.2 Å². The summed E-state index contributed by atoms with van der Waals surface area (Å²) in [4.78, 5) is 0. The highest BCUT2D eigenvalue weighted by atomic mass is 79.9. The fraction of sp³-hybridized carbons (Fsp3) is 0.273. The van der Waals surface area contributed by atoms with Crippen LogP contribution in [0.1, 0.15) is 5.89 Å². The van der Waals surface area contributed by atoms with Crippen LogP contribution in [0.4, 0.5) is 0 Å². The van der Waals surface area contributed by atoms with Gasteiger partial charge in [0, 0.05) is 17.4 Å². The van der Waals surface area contributed by atoms with E-state index in [4.69, 9.17) is 16.0 Å². The summed E-state index contributed by atoms with van der Waals surface area (Å²) in [5.74, 6) is 1.06. The fourth-order valence-electron chi connectivity index (χ4n) is 1.36. The number of halogens is 2. The van der Waals surface area contributed by atoms with Gasteiger partial charge < -0.3 is 9.73 Å². The zero-order valence-electron chi connectivity index (χ0n) is 9.20. The number of hydrogen-bond acceptors (Lipinski definition) is 4. The van der Waals surface area contributed by atoms with Gasteiger partial charge in [-0.1, -0.05) is 27.5 Å². The summed E-state index contributed by atoms with van der Waals surface area (Å²) in [6.07, 6.45) is 0.706. The van der Waals surface area contributed by atoms with Crippen LogP contribution in [0.5, 0.6) is 0 Å². The number of nitrogens with zero attached hydrogens (tertiary/aromatic N) is 2. The Bertz CT molecular complexity index is 515. The summed E-state index contributed by atoms with van der Waals surface area (Å²) < 4.78 is 6.45. The maximum absolute atomic E-state index is 6.11. The molecule has 0 amide bonds. The number of benzene rings is 1. The SMILES string of the molecule is CNCCc1nnc(-c2ccc(Br)cc2Cl)o1. The van der Waals surface area contributed by atoms with E-state index in [1.165, 1.54) is 0 Å². The summed E-state index contributed by atoms with van der Waals surface area (Å²) in [7, 11) is 1.88. The Labute approximate surface area is 113 Å². The molecule has 0 bridgehead atoms. The molecule has 0 aliphatic rings. The molecule has 0 radical (unpaired) electrons. The summed E-state index contributed by atoms with van der Waals surface area (Å²) in [6, 6.07) is 5.54. The number of likely N-dealkylation sites (N-methyl/N-ethyl adjacent to an activating group) is 1. The van der Waals surface area contributed by atoms with Gasteiger partial charge in [0.15, 0.2) is 0 Å². The largest absolute Gasteiger partial charge is 0.421 e. The van der Waals surface area contributed by atoms with E-state index in [1.807, 2.05) is 19.2 Å². The van der Waals surface area contributed by atoms with Gasteiger partial charge in [-0.05, 0) is 25.2 Å². The molecule has 0 aliphatic carbocycles. The smallest absolute Gasteiger partial charge is 0.249 e. The van der Waals surface area contributed by atoms with Crippen LogP contribution in [0, 0.1) is 0 Å². The van der Waals surface area contributed by atoms with Crippen LogP contribution in [-0.4, -0.2) is 23.8 Å². The quantitative estimate of drug-likeness (QED) is 0.942. The summed E-state index contributed by atoms with van der Waals surface area (Å²) in [5.41, 5.74) is 0.748. The summed E-state index contributed by atoms with van der Waals surface area (Å²) in [6.45, 7) is 0.801. The van der Waals surface area contributed by atoms with Crippen molar-refractivity contribution in [2.24, 2.45) is 0 Å². The van der Waals surface area contributed by atoms with Gasteiger partial charge in [-0.2, -0.15) is 0 Å². The first kappa shape index (κ1) is 12.5. The average Bonchev–Trinajstić information content (AvgIpc) is 2.75. The third-order valence-corrected chi connectivity index (χ3v) is 3.02. The van der Waals surface area contributed by atoms with E-state index in [0.717, 1.165) is 16.6 Å². The zero-order valence-corrected chi connectivity index (χ0v) is 11.5. The lowest BCUT2D eigenvalue weighted by molar-refractivity contribution is 0.500. The van der Waals surface area contributed by atoms with Crippen LogP contribution in [0.15, 0.2) is 27.1 Å². The number of rotatable bonds is 4. The Morgan fingerprint density at radius 2 is 2.24 bits per heavy atom. The highest BCUT2D eigenvalue weighted by molar-refractivity contribution is 9.10. The van der Waals surface area contributed by atoms with E-state index >= 15 is 0 Å². The van der Waals surface area contributed by atoms with Crippen molar-refractivity contribution in [2.75, 3.05) is 13.6 Å². The highest BCUT2D eigenvalue weighted by Crippen LogP contribution is 2.29. The third kappa shape index (κ3) is 3.06. The van der Waals surface area contributed by atoms with Crippen molar-refractivity contribution in [2.45, 2.75) is 6.42 Å². The average molecular weight is 317 g/mol. The fourth-order valence-corrected chi connectivity index (χ4v) is 2.11. The number of nitrogens with one attached hydrogen (secondary N) is 1. The Morgan fingerprint density at radius 1 is 1.41 bits per heavy atom. The summed E-state index contributed by atoms with van der Waals surface area (Å²) in [5, 5.41) is 11.6. The normalized spacial score (nSPS) is 10.8. The van der Waals surface area contributed by atoms with Crippen molar-refractivity contribution < 1.29 is 4.42 Å². The van der Waals surface area contributed by atoms with Crippen LogP contribution < -0.4 is 5.32 Å².